The molecule has 0 atom stereocenters. The quantitative estimate of drug-likeness (QED) is 0.593. The molecule has 2 aromatic carbocycles. The molecule has 0 N–H and O–H groups in total. The Balaban J connectivity index is 0.000000233. The number of hydrogen-bond acceptors (Lipinski definition) is 0. The molecule has 0 nitrogen and oxygen atoms in total. The molecule has 2 aromatic rings. The third-order valence-corrected chi connectivity index (χ3v) is 3.18. The van der Waals surface area contributed by atoms with Gasteiger partial charge < -0.3 is 0 Å². The molecule has 0 heterocycles. The van der Waals surface area contributed by atoms with E-state index >= 15 is 0 Å². The van der Waals surface area contributed by atoms with Crippen LogP contribution >= 0.6 is 0 Å². The van der Waals surface area contributed by atoms with Crippen molar-refractivity contribution in [1.29, 1.82) is 0 Å². The SMILES string of the molecule is [CH]1[CH][CH][CH][CH]1.[CH]1[CH][CH][CH][CH]1.[Zr+2].c1ccc([CH-][CH-]c2ccccc2)cc1. The third-order valence-electron chi connectivity index (χ3n) is 3.18. The maximum atomic E-state index is 2.12. The van der Waals surface area contributed by atoms with Gasteiger partial charge in [0.25, 0.3) is 0 Å². The van der Waals surface area contributed by atoms with Crippen molar-refractivity contribution in [3.05, 3.63) is 149 Å². The fraction of sp³-hybridized carbons (Fsp3) is 0. The van der Waals surface area contributed by atoms with Gasteiger partial charge in [-0.3, -0.25) is 0 Å². The minimum atomic E-state index is 0. The predicted molar refractivity (Wildman–Crippen MR) is 103 cm³/mol. The maximum absolute atomic E-state index is 2.12. The van der Waals surface area contributed by atoms with Gasteiger partial charge in [-0.15, -0.1) is 24.3 Å². The second-order valence-corrected chi connectivity index (χ2v) is 5.08. The van der Waals surface area contributed by atoms with Gasteiger partial charge in [0.2, 0.25) is 0 Å². The second-order valence-electron chi connectivity index (χ2n) is 5.08. The number of rotatable bonds is 3. The minimum absolute atomic E-state index is 0. The molecule has 0 amide bonds. The molecule has 0 unspecified atom stereocenters. The van der Waals surface area contributed by atoms with Crippen LogP contribution in [0, 0.1) is 77.0 Å². The molecule has 25 heavy (non-hydrogen) atoms. The van der Waals surface area contributed by atoms with Gasteiger partial charge >= 0.3 is 26.2 Å². The second kappa shape index (κ2) is 15.3. The van der Waals surface area contributed by atoms with Crippen molar-refractivity contribution in [2.45, 2.75) is 0 Å². The first-order chi connectivity index (χ1) is 11.9. The Labute approximate surface area is 174 Å². The summed E-state index contributed by atoms with van der Waals surface area (Å²) in [5.74, 6) is 0. The molecule has 0 bridgehead atoms. The normalized spacial score (nSPS) is 14.9. The van der Waals surface area contributed by atoms with E-state index in [1.165, 1.54) is 11.1 Å². The van der Waals surface area contributed by atoms with E-state index in [0.29, 0.717) is 0 Å². The van der Waals surface area contributed by atoms with Gasteiger partial charge in [-0.1, -0.05) is 12.1 Å². The molecule has 0 spiro atoms. The van der Waals surface area contributed by atoms with Gasteiger partial charge in [0, 0.05) is 0 Å². The van der Waals surface area contributed by atoms with Gasteiger partial charge in [0.1, 0.15) is 0 Å². The van der Waals surface area contributed by atoms with E-state index in [9.17, 15) is 0 Å². The Morgan fingerprint density at radius 1 is 0.360 bits per heavy atom. The molecular weight excluding hydrogens is 379 g/mol. The molecule has 2 fully saturated rings. The summed E-state index contributed by atoms with van der Waals surface area (Å²) in [5, 5.41) is 0. The molecule has 0 aliphatic heterocycles. The van der Waals surface area contributed by atoms with E-state index in [1.807, 2.05) is 101 Å². The van der Waals surface area contributed by atoms with Gasteiger partial charge in [0.15, 0.2) is 0 Å². The molecule has 2 aliphatic carbocycles. The first-order valence-corrected chi connectivity index (χ1v) is 8.07. The van der Waals surface area contributed by atoms with E-state index in [1.54, 1.807) is 0 Å². The number of hydrogen-bond donors (Lipinski definition) is 0. The van der Waals surface area contributed by atoms with E-state index in [4.69, 9.17) is 0 Å². The molecule has 10 radical (unpaired) electrons. The Hall–Kier alpha value is -0.937. The fourth-order valence-corrected chi connectivity index (χ4v) is 1.96. The summed E-state index contributed by atoms with van der Waals surface area (Å²) in [4.78, 5) is 0. The molecule has 122 valence electrons. The average molecular weight is 402 g/mol. The Bertz CT molecular complexity index is 433. The first-order valence-electron chi connectivity index (χ1n) is 8.07. The van der Waals surface area contributed by atoms with Gasteiger partial charge in [-0.2, -0.15) is 24.3 Å². The third kappa shape index (κ3) is 11.3. The monoisotopic (exact) mass is 400 g/mol. The van der Waals surface area contributed by atoms with Crippen LogP contribution in [0.25, 0.3) is 0 Å². The van der Waals surface area contributed by atoms with Crippen LogP contribution in [0.3, 0.4) is 0 Å². The van der Waals surface area contributed by atoms with Crippen LogP contribution in [0.15, 0.2) is 60.7 Å². The summed E-state index contributed by atoms with van der Waals surface area (Å²) >= 11 is 0. The van der Waals surface area contributed by atoms with E-state index in [0.717, 1.165) is 0 Å². The Morgan fingerprint density at radius 3 is 0.840 bits per heavy atom. The summed E-state index contributed by atoms with van der Waals surface area (Å²) in [6, 6.07) is 20.6. The van der Waals surface area contributed by atoms with Crippen molar-refractivity contribution in [2.24, 2.45) is 0 Å². The van der Waals surface area contributed by atoms with Crippen LogP contribution in [-0.2, 0) is 26.2 Å². The van der Waals surface area contributed by atoms with E-state index < -0.39 is 0 Å². The summed E-state index contributed by atoms with van der Waals surface area (Å²) < 4.78 is 0. The molecule has 2 saturated carbocycles. The standard InChI is InChI=1S/C14H12.2C5H5.Zr/c1-3-7-13(8-4-1)11-12-14-9-5-2-6-10-14;2*1-2-4-5-3-1;/h1-12H;2*1-5H;/q-2;;;+2. The van der Waals surface area contributed by atoms with Crippen molar-refractivity contribution >= 4 is 0 Å². The van der Waals surface area contributed by atoms with Crippen molar-refractivity contribution in [1.82, 2.24) is 0 Å². The Kier molecular flexibility index (Phi) is 13.6. The van der Waals surface area contributed by atoms with Crippen LogP contribution in [0.2, 0.25) is 0 Å². The van der Waals surface area contributed by atoms with Gasteiger partial charge in [-0.05, 0) is 64.2 Å². The van der Waals surface area contributed by atoms with Crippen molar-refractivity contribution < 1.29 is 26.2 Å². The molecule has 0 saturated heterocycles. The van der Waals surface area contributed by atoms with Crippen molar-refractivity contribution in [3.63, 3.8) is 0 Å². The molecule has 2 aliphatic rings. The van der Waals surface area contributed by atoms with E-state index in [-0.39, 0.29) is 26.2 Å². The van der Waals surface area contributed by atoms with Crippen LogP contribution in [0.5, 0.6) is 0 Å². The molecule has 1 heteroatoms. The van der Waals surface area contributed by atoms with Crippen LogP contribution in [-0.4, -0.2) is 0 Å². The smallest absolute Gasteiger partial charge is 0.219 e. The topological polar surface area (TPSA) is 0 Å². The number of benzene rings is 2. The average Bonchev–Trinajstić information content (AvgIpc) is 3.40. The molecular formula is C24H22Zr. The minimum Gasteiger partial charge on any atom is -0.219 e. The maximum Gasteiger partial charge on any atom is 2.00 e. The largest absolute Gasteiger partial charge is 2.00 e. The van der Waals surface area contributed by atoms with Crippen molar-refractivity contribution in [2.75, 3.05) is 0 Å². The van der Waals surface area contributed by atoms with Crippen molar-refractivity contribution in [3.8, 4) is 0 Å². The van der Waals surface area contributed by atoms with Gasteiger partial charge in [-0.25, -0.2) is 24.0 Å². The zero-order valence-corrected chi connectivity index (χ0v) is 16.7. The van der Waals surface area contributed by atoms with Crippen LogP contribution < -0.4 is 0 Å². The first kappa shape index (κ1) is 22.1. The Morgan fingerprint density at radius 2 is 0.600 bits per heavy atom. The van der Waals surface area contributed by atoms with E-state index in [2.05, 4.69) is 37.1 Å². The summed E-state index contributed by atoms with van der Waals surface area (Å²) in [5.41, 5.74) is 2.47. The summed E-state index contributed by atoms with van der Waals surface area (Å²) in [6.45, 7) is 0. The zero-order chi connectivity index (χ0) is 16.7. The van der Waals surface area contributed by atoms with Crippen LogP contribution in [0.1, 0.15) is 11.1 Å². The zero-order valence-electron chi connectivity index (χ0n) is 14.2. The van der Waals surface area contributed by atoms with Crippen LogP contribution in [0.4, 0.5) is 0 Å². The summed E-state index contributed by atoms with van der Waals surface area (Å²) in [7, 11) is 0. The van der Waals surface area contributed by atoms with Gasteiger partial charge in [0.05, 0.1) is 0 Å². The fourth-order valence-electron chi connectivity index (χ4n) is 1.96. The molecule has 4 rings (SSSR count). The molecule has 0 aromatic heterocycles. The predicted octanol–water partition coefficient (Wildman–Crippen LogP) is 5.53. The summed E-state index contributed by atoms with van der Waals surface area (Å²) in [6.07, 6.45) is 24.2.